The summed E-state index contributed by atoms with van der Waals surface area (Å²) >= 11 is 0. The Morgan fingerprint density at radius 3 is 2.55 bits per heavy atom. The van der Waals surface area contributed by atoms with Gasteiger partial charge in [-0.25, -0.2) is 0 Å². The van der Waals surface area contributed by atoms with Crippen LogP contribution in [0.3, 0.4) is 0 Å². The van der Waals surface area contributed by atoms with Crippen LogP contribution in [0.15, 0.2) is 0 Å². The summed E-state index contributed by atoms with van der Waals surface area (Å²) in [5.74, 6) is 1.75. The fourth-order valence-corrected chi connectivity index (χ4v) is 3.41. The number of nitrogens with zero attached hydrogens (tertiary/aromatic N) is 1. The Kier molecular flexibility index (Phi) is 6.30. The lowest BCUT2D eigenvalue weighted by Crippen LogP contribution is -2.41. The minimum Gasteiger partial charge on any atom is -0.378 e. The van der Waals surface area contributed by atoms with Crippen LogP contribution in [0.4, 0.5) is 0 Å². The van der Waals surface area contributed by atoms with E-state index in [1.807, 2.05) is 14.0 Å². The maximum atomic E-state index is 12.3. The van der Waals surface area contributed by atoms with Crippen molar-refractivity contribution in [3.63, 3.8) is 0 Å². The summed E-state index contributed by atoms with van der Waals surface area (Å²) in [6, 6.07) is 0. The third kappa shape index (κ3) is 4.45. The lowest BCUT2D eigenvalue weighted by Gasteiger charge is -2.37. The summed E-state index contributed by atoms with van der Waals surface area (Å²) < 4.78 is 5.56. The van der Waals surface area contributed by atoms with Gasteiger partial charge in [0, 0.05) is 26.1 Å². The van der Waals surface area contributed by atoms with Gasteiger partial charge in [-0.2, -0.15) is 0 Å². The number of carbonyl (C=O) groups is 1. The average Bonchev–Trinajstić information content (AvgIpc) is 2.43. The lowest BCUT2D eigenvalue weighted by atomic mass is 9.79. The van der Waals surface area contributed by atoms with Crippen LogP contribution in [0.5, 0.6) is 0 Å². The van der Waals surface area contributed by atoms with Crippen molar-refractivity contribution in [1.29, 1.82) is 0 Å². The van der Waals surface area contributed by atoms with E-state index in [-0.39, 0.29) is 0 Å². The summed E-state index contributed by atoms with van der Waals surface area (Å²) in [6.45, 7) is 5.87. The zero-order valence-electron chi connectivity index (χ0n) is 13.1. The molecular weight excluding hydrogens is 252 g/mol. The molecule has 0 unspecified atom stereocenters. The monoisotopic (exact) mass is 282 g/mol. The zero-order valence-corrected chi connectivity index (χ0v) is 13.1. The predicted octanol–water partition coefficient (Wildman–Crippen LogP) is 2.04. The molecule has 2 aliphatic rings. The molecule has 0 aromatic carbocycles. The Balaban J connectivity index is 1.60. The van der Waals surface area contributed by atoms with Gasteiger partial charge >= 0.3 is 0 Å². The molecule has 0 spiro atoms. The first-order valence-electron chi connectivity index (χ1n) is 8.26. The van der Waals surface area contributed by atoms with E-state index in [2.05, 4.69) is 10.2 Å². The number of amides is 1. The van der Waals surface area contributed by atoms with Gasteiger partial charge in [0.2, 0.25) is 5.91 Å². The maximum absolute atomic E-state index is 12.3. The Bertz CT molecular complexity index is 295. The van der Waals surface area contributed by atoms with E-state index < -0.39 is 0 Å². The standard InChI is InChI=1S/C16H30N2O2/c1-3-20-15-10-14(11-15)12-16(19)18-8-5-13(6-9-18)4-7-17-2/h13-15,17H,3-12H2,1-2H3. The van der Waals surface area contributed by atoms with E-state index in [1.165, 1.54) is 19.3 Å². The fourth-order valence-electron chi connectivity index (χ4n) is 3.41. The molecule has 1 N–H and O–H groups in total. The topological polar surface area (TPSA) is 41.6 Å². The summed E-state index contributed by atoms with van der Waals surface area (Å²) in [6.07, 6.45) is 6.93. The van der Waals surface area contributed by atoms with Crippen molar-refractivity contribution in [2.24, 2.45) is 11.8 Å². The van der Waals surface area contributed by atoms with Crippen molar-refractivity contribution in [2.45, 2.75) is 51.6 Å². The van der Waals surface area contributed by atoms with Crippen LogP contribution in [-0.2, 0) is 9.53 Å². The number of hydrogen-bond donors (Lipinski definition) is 1. The first-order valence-corrected chi connectivity index (χ1v) is 8.26. The highest BCUT2D eigenvalue weighted by molar-refractivity contribution is 5.76. The summed E-state index contributed by atoms with van der Waals surface area (Å²) in [5.41, 5.74) is 0. The normalized spacial score (nSPS) is 27.4. The third-order valence-corrected chi connectivity index (χ3v) is 4.83. The van der Waals surface area contributed by atoms with Gasteiger partial charge in [0.1, 0.15) is 0 Å². The molecule has 4 heteroatoms. The molecule has 0 bridgehead atoms. The first kappa shape index (κ1) is 15.8. The molecule has 0 radical (unpaired) electrons. The number of rotatable bonds is 7. The van der Waals surface area contributed by atoms with Crippen molar-refractivity contribution in [2.75, 3.05) is 33.3 Å². The molecule has 1 heterocycles. The van der Waals surface area contributed by atoms with Crippen LogP contribution in [0.2, 0.25) is 0 Å². The van der Waals surface area contributed by atoms with E-state index in [1.54, 1.807) is 0 Å². The summed E-state index contributed by atoms with van der Waals surface area (Å²) in [7, 11) is 2.01. The Morgan fingerprint density at radius 2 is 1.95 bits per heavy atom. The second-order valence-corrected chi connectivity index (χ2v) is 6.34. The summed E-state index contributed by atoms with van der Waals surface area (Å²) in [5, 5.41) is 3.21. The number of piperidine rings is 1. The predicted molar refractivity (Wildman–Crippen MR) is 80.6 cm³/mol. The molecular formula is C16H30N2O2. The number of nitrogens with one attached hydrogen (secondary N) is 1. The molecule has 0 aromatic heterocycles. The minimum atomic E-state index is 0.372. The number of ether oxygens (including phenoxy) is 1. The fraction of sp³-hybridized carbons (Fsp3) is 0.938. The second kappa shape index (κ2) is 7.99. The van der Waals surface area contributed by atoms with Crippen molar-refractivity contribution >= 4 is 5.91 Å². The van der Waals surface area contributed by atoms with Gasteiger partial charge < -0.3 is 15.0 Å². The van der Waals surface area contributed by atoms with E-state index in [4.69, 9.17) is 4.74 Å². The maximum Gasteiger partial charge on any atom is 0.222 e. The highest BCUT2D eigenvalue weighted by Gasteiger charge is 2.33. The van der Waals surface area contributed by atoms with Gasteiger partial charge in [0.15, 0.2) is 0 Å². The van der Waals surface area contributed by atoms with Crippen molar-refractivity contribution in [3.05, 3.63) is 0 Å². The smallest absolute Gasteiger partial charge is 0.222 e. The van der Waals surface area contributed by atoms with E-state index in [0.717, 1.165) is 51.4 Å². The van der Waals surface area contributed by atoms with Crippen LogP contribution in [0.25, 0.3) is 0 Å². The van der Waals surface area contributed by atoms with Gasteiger partial charge in [-0.3, -0.25) is 4.79 Å². The molecule has 1 saturated carbocycles. The van der Waals surface area contributed by atoms with E-state index >= 15 is 0 Å². The van der Waals surface area contributed by atoms with Crippen LogP contribution < -0.4 is 5.32 Å². The highest BCUT2D eigenvalue weighted by atomic mass is 16.5. The number of hydrogen-bond acceptors (Lipinski definition) is 3. The highest BCUT2D eigenvalue weighted by Crippen LogP contribution is 2.33. The van der Waals surface area contributed by atoms with Gasteiger partial charge in [0.05, 0.1) is 6.10 Å². The zero-order chi connectivity index (χ0) is 14.4. The molecule has 1 saturated heterocycles. The van der Waals surface area contributed by atoms with Gasteiger partial charge in [-0.1, -0.05) is 0 Å². The van der Waals surface area contributed by atoms with Crippen molar-refractivity contribution in [3.8, 4) is 0 Å². The first-order chi connectivity index (χ1) is 9.72. The number of likely N-dealkylation sites (tertiary alicyclic amines) is 1. The largest absolute Gasteiger partial charge is 0.378 e. The molecule has 4 nitrogen and oxygen atoms in total. The molecule has 20 heavy (non-hydrogen) atoms. The summed E-state index contributed by atoms with van der Waals surface area (Å²) in [4.78, 5) is 14.3. The average molecular weight is 282 g/mol. The minimum absolute atomic E-state index is 0.372. The molecule has 116 valence electrons. The van der Waals surface area contributed by atoms with Crippen molar-refractivity contribution < 1.29 is 9.53 Å². The molecule has 1 aliphatic heterocycles. The molecule has 0 aromatic rings. The van der Waals surface area contributed by atoms with Crippen LogP contribution in [0.1, 0.15) is 45.4 Å². The molecule has 2 fully saturated rings. The molecule has 1 amide bonds. The van der Waals surface area contributed by atoms with E-state index in [9.17, 15) is 4.79 Å². The molecule has 0 atom stereocenters. The number of carbonyl (C=O) groups excluding carboxylic acids is 1. The Hall–Kier alpha value is -0.610. The van der Waals surface area contributed by atoms with Gasteiger partial charge in [-0.05, 0) is 64.5 Å². The quantitative estimate of drug-likeness (QED) is 0.777. The Labute approximate surface area is 123 Å². The SMILES string of the molecule is CCOC1CC(CC(=O)N2CCC(CCNC)CC2)C1. The van der Waals surface area contributed by atoms with Crippen LogP contribution in [0, 0.1) is 11.8 Å². The van der Waals surface area contributed by atoms with Crippen LogP contribution in [-0.4, -0.2) is 50.2 Å². The van der Waals surface area contributed by atoms with Gasteiger partial charge in [0.25, 0.3) is 0 Å². The van der Waals surface area contributed by atoms with Gasteiger partial charge in [-0.15, -0.1) is 0 Å². The molecule has 1 aliphatic carbocycles. The van der Waals surface area contributed by atoms with E-state index in [0.29, 0.717) is 17.9 Å². The molecule has 2 rings (SSSR count). The second-order valence-electron chi connectivity index (χ2n) is 6.34. The van der Waals surface area contributed by atoms with Crippen molar-refractivity contribution in [1.82, 2.24) is 10.2 Å². The lowest BCUT2D eigenvalue weighted by molar-refractivity contribution is -0.135. The third-order valence-electron chi connectivity index (χ3n) is 4.83. The van der Waals surface area contributed by atoms with Crippen LogP contribution >= 0.6 is 0 Å². The Morgan fingerprint density at radius 1 is 1.25 bits per heavy atom.